The van der Waals surface area contributed by atoms with Gasteiger partial charge in [-0.05, 0) is 24.8 Å². The molecule has 5 heteroatoms. The van der Waals surface area contributed by atoms with E-state index in [1.54, 1.807) is 0 Å². The van der Waals surface area contributed by atoms with Gasteiger partial charge in [0.1, 0.15) is 10.5 Å². The number of fused-ring (bicyclic) bond motifs is 3. The van der Waals surface area contributed by atoms with Crippen molar-refractivity contribution in [2.45, 2.75) is 37.6 Å². The summed E-state index contributed by atoms with van der Waals surface area (Å²) in [6.07, 6.45) is 5.31. The van der Waals surface area contributed by atoms with Crippen molar-refractivity contribution < 1.29 is 0 Å². The van der Waals surface area contributed by atoms with E-state index in [2.05, 4.69) is 25.8 Å². The molecule has 1 atom stereocenters. The van der Waals surface area contributed by atoms with Crippen LogP contribution in [0.1, 0.15) is 49.2 Å². The van der Waals surface area contributed by atoms with Crippen LogP contribution in [0.2, 0.25) is 0 Å². The number of H-pyrrole nitrogens is 1. The zero-order valence-corrected chi connectivity index (χ0v) is 12.7. The summed E-state index contributed by atoms with van der Waals surface area (Å²) in [6.45, 7) is 5.85. The molecule has 20 heavy (non-hydrogen) atoms. The Morgan fingerprint density at radius 2 is 1.90 bits per heavy atom. The number of hydrogen-bond donors (Lipinski definition) is 1. The van der Waals surface area contributed by atoms with Gasteiger partial charge in [-0.3, -0.25) is 9.80 Å². The Kier molecular flexibility index (Phi) is 3.36. The molecule has 1 aromatic rings. The molecule has 4 heterocycles. The van der Waals surface area contributed by atoms with Crippen LogP contribution in [0, 0.1) is 4.64 Å². The molecule has 1 saturated carbocycles. The highest BCUT2D eigenvalue weighted by Crippen LogP contribution is 2.34. The minimum Gasteiger partial charge on any atom is -0.345 e. The van der Waals surface area contributed by atoms with Crippen LogP contribution in [0.15, 0.2) is 6.07 Å². The first-order valence-electron chi connectivity index (χ1n) is 7.87. The van der Waals surface area contributed by atoms with Gasteiger partial charge in [-0.2, -0.15) is 0 Å². The Labute approximate surface area is 125 Å². The van der Waals surface area contributed by atoms with Crippen LogP contribution in [0.5, 0.6) is 0 Å². The molecule has 0 aromatic carbocycles. The molecule has 0 spiro atoms. The summed E-state index contributed by atoms with van der Waals surface area (Å²) in [7, 11) is 0. The van der Waals surface area contributed by atoms with Crippen LogP contribution >= 0.6 is 12.2 Å². The van der Waals surface area contributed by atoms with E-state index < -0.39 is 0 Å². The third-order valence-electron chi connectivity index (χ3n) is 5.17. The first-order valence-corrected chi connectivity index (χ1v) is 8.28. The number of nitrogens with one attached hydrogen (secondary N) is 1. The van der Waals surface area contributed by atoms with E-state index in [1.165, 1.54) is 57.6 Å². The SMILES string of the molecule is S=c1cc(C2CCCC2)[nH]c(C2CN3CCN2CC3)n1. The Bertz CT molecular complexity index is 541. The van der Waals surface area contributed by atoms with Crippen LogP contribution in [0.4, 0.5) is 0 Å². The maximum Gasteiger partial charge on any atom is 0.130 e. The van der Waals surface area contributed by atoms with E-state index in [1.807, 2.05) is 0 Å². The first kappa shape index (κ1) is 12.9. The molecule has 1 aliphatic carbocycles. The molecular weight excluding hydrogens is 268 g/mol. The first-order chi connectivity index (χ1) is 9.79. The van der Waals surface area contributed by atoms with Gasteiger partial charge in [-0.1, -0.05) is 25.1 Å². The largest absolute Gasteiger partial charge is 0.345 e. The molecule has 0 amide bonds. The fourth-order valence-electron chi connectivity index (χ4n) is 3.99. The van der Waals surface area contributed by atoms with Gasteiger partial charge in [-0.15, -0.1) is 0 Å². The number of aromatic nitrogens is 2. The molecule has 5 rings (SSSR count). The van der Waals surface area contributed by atoms with Crippen molar-refractivity contribution in [3.8, 4) is 0 Å². The number of piperazine rings is 3. The van der Waals surface area contributed by atoms with Gasteiger partial charge in [0.25, 0.3) is 0 Å². The van der Waals surface area contributed by atoms with Gasteiger partial charge >= 0.3 is 0 Å². The van der Waals surface area contributed by atoms with Crippen molar-refractivity contribution in [3.63, 3.8) is 0 Å². The molecule has 1 N–H and O–H groups in total. The van der Waals surface area contributed by atoms with E-state index in [-0.39, 0.29) is 0 Å². The monoisotopic (exact) mass is 290 g/mol. The third-order valence-corrected chi connectivity index (χ3v) is 5.38. The second kappa shape index (κ2) is 5.20. The number of nitrogens with zero attached hydrogens (tertiary/aromatic N) is 3. The van der Waals surface area contributed by atoms with E-state index in [4.69, 9.17) is 12.2 Å². The van der Waals surface area contributed by atoms with Gasteiger partial charge in [0.05, 0.1) is 6.04 Å². The Morgan fingerprint density at radius 1 is 1.15 bits per heavy atom. The lowest BCUT2D eigenvalue weighted by Crippen LogP contribution is -2.57. The molecule has 2 bridgehead atoms. The summed E-state index contributed by atoms with van der Waals surface area (Å²) in [5.41, 5.74) is 1.33. The molecule has 108 valence electrons. The molecule has 3 saturated heterocycles. The van der Waals surface area contributed by atoms with E-state index in [0.717, 1.165) is 17.0 Å². The predicted octanol–water partition coefficient (Wildman–Crippen LogP) is 2.47. The lowest BCUT2D eigenvalue weighted by molar-refractivity contribution is 0.00848. The van der Waals surface area contributed by atoms with Crippen molar-refractivity contribution >= 4 is 12.2 Å². The van der Waals surface area contributed by atoms with Crippen LogP contribution in [0.25, 0.3) is 0 Å². The second-order valence-electron chi connectivity index (χ2n) is 6.39. The maximum atomic E-state index is 5.41. The number of rotatable bonds is 2. The Balaban J connectivity index is 1.66. The molecule has 0 radical (unpaired) electrons. The highest BCUT2D eigenvalue weighted by Gasteiger charge is 2.34. The van der Waals surface area contributed by atoms with Gasteiger partial charge in [0.15, 0.2) is 0 Å². The Morgan fingerprint density at radius 3 is 2.55 bits per heavy atom. The Hall–Kier alpha value is -0.780. The molecule has 4 aliphatic rings. The molecule has 1 aromatic heterocycles. The third kappa shape index (κ3) is 2.32. The summed E-state index contributed by atoms with van der Waals surface area (Å²) < 4.78 is 0.762. The molecule has 1 unspecified atom stereocenters. The van der Waals surface area contributed by atoms with Crippen molar-refractivity contribution in [3.05, 3.63) is 22.2 Å². The number of hydrogen-bond acceptors (Lipinski definition) is 4. The average molecular weight is 290 g/mol. The maximum absolute atomic E-state index is 5.41. The second-order valence-corrected chi connectivity index (χ2v) is 6.81. The quantitative estimate of drug-likeness (QED) is 0.849. The standard InChI is InChI=1S/C15H22N4S/c20-14-9-12(11-3-1-2-4-11)16-15(17-14)13-10-18-5-7-19(13)8-6-18/h9,11,13H,1-8,10H2,(H,16,17,20). The van der Waals surface area contributed by atoms with E-state index >= 15 is 0 Å². The van der Waals surface area contributed by atoms with Crippen molar-refractivity contribution in [1.29, 1.82) is 0 Å². The van der Waals surface area contributed by atoms with Gasteiger partial charge < -0.3 is 4.98 Å². The summed E-state index contributed by atoms with van der Waals surface area (Å²) in [6, 6.07) is 2.51. The topological polar surface area (TPSA) is 35.2 Å². The van der Waals surface area contributed by atoms with Gasteiger partial charge in [-0.25, -0.2) is 4.98 Å². The fraction of sp³-hybridized carbons (Fsp3) is 0.733. The molecular formula is C15H22N4S. The normalized spacial score (nSPS) is 33.7. The summed E-state index contributed by atoms with van der Waals surface area (Å²) >= 11 is 5.41. The average Bonchev–Trinajstić information content (AvgIpc) is 3.02. The number of aromatic amines is 1. The highest BCUT2D eigenvalue weighted by molar-refractivity contribution is 7.71. The minimum atomic E-state index is 0.417. The van der Waals surface area contributed by atoms with Crippen molar-refractivity contribution in [2.75, 3.05) is 32.7 Å². The fourth-order valence-corrected chi connectivity index (χ4v) is 4.21. The molecule has 3 aliphatic heterocycles. The lowest BCUT2D eigenvalue weighted by atomic mass is 10.0. The van der Waals surface area contributed by atoms with Crippen molar-refractivity contribution in [2.24, 2.45) is 0 Å². The summed E-state index contributed by atoms with van der Waals surface area (Å²) in [5, 5.41) is 0. The smallest absolute Gasteiger partial charge is 0.130 e. The zero-order valence-electron chi connectivity index (χ0n) is 11.8. The predicted molar refractivity (Wildman–Crippen MR) is 81.4 cm³/mol. The summed E-state index contributed by atoms with van der Waals surface area (Å²) in [4.78, 5) is 13.4. The zero-order chi connectivity index (χ0) is 13.5. The van der Waals surface area contributed by atoms with Crippen LogP contribution in [-0.2, 0) is 0 Å². The van der Waals surface area contributed by atoms with Gasteiger partial charge in [0.2, 0.25) is 0 Å². The minimum absolute atomic E-state index is 0.417. The van der Waals surface area contributed by atoms with E-state index in [9.17, 15) is 0 Å². The lowest BCUT2D eigenvalue weighted by Gasteiger charge is -2.46. The molecule has 4 nitrogen and oxygen atoms in total. The van der Waals surface area contributed by atoms with E-state index in [0.29, 0.717) is 12.0 Å². The van der Waals surface area contributed by atoms with Crippen LogP contribution in [-0.4, -0.2) is 52.5 Å². The van der Waals surface area contributed by atoms with Gasteiger partial charge in [0, 0.05) is 38.4 Å². The van der Waals surface area contributed by atoms with Crippen LogP contribution < -0.4 is 0 Å². The van der Waals surface area contributed by atoms with Crippen LogP contribution in [0.3, 0.4) is 0 Å². The molecule has 4 fully saturated rings. The van der Waals surface area contributed by atoms with Crippen molar-refractivity contribution in [1.82, 2.24) is 19.8 Å². The summed E-state index contributed by atoms with van der Waals surface area (Å²) in [5.74, 6) is 1.78. The highest BCUT2D eigenvalue weighted by atomic mass is 32.1.